The number of nitrogens with one attached hydrogen (secondary N) is 2. The summed E-state index contributed by atoms with van der Waals surface area (Å²) in [5.74, 6) is -0.751. The van der Waals surface area contributed by atoms with Gasteiger partial charge in [0.15, 0.2) is 17.6 Å². The molecule has 1 aromatic rings. The highest BCUT2D eigenvalue weighted by molar-refractivity contribution is 14.0. The number of guanidine groups is 1. The number of rotatable bonds is 10. The summed E-state index contributed by atoms with van der Waals surface area (Å²) in [5.41, 5.74) is 0.847. The smallest absolute Gasteiger partial charge is 0.191 e. The molecule has 0 amide bonds. The van der Waals surface area contributed by atoms with Crippen molar-refractivity contribution in [2.45, 2.75) is 65.5 Å². The van der Waals surface area contributed by atoms with E-state index in [4.69, 9.17) is 4.99 Å². The highest BCUT2D eigenvalue weighted by Crippen LogP contribution is 2.30. The fourth-order valence-electron chi connectivity index (χ4n) is 4.04. The number of aliphatic hydroxyl groups is 1. The summed E-state index contributed by atoms with van der Waals surface area (Å²) < 4.78 is 26.5. The first-order valence-electron chi connectivity index (χ1n) is 11.3. The van der Waals surface area contributed by atoms with E-state index in [2.05, 4.69) is 36.3 Å². The Morgan fingerprint density at radius 2 is 1.84 bits per heavy atom. The molecule has 0 aliphatic carbocycles. The predicted molar refractivity (Wildman–Crippen MR) is 134 cm³/mol. The molecule has 3 N–H and O–H groups in total. The normalized spacial score (nSPS) is 16.1. The van der Waals surface area contributed by atoms with Crippen LogP contribution in [0.4, 0.5) is 8.78 Å². The van der Waals surface area contributed by atoms with Gasteiger partial charge in [-0.25, -0.2) is 8.78 Å². The van der Waals surface area contributed by atoms with Crippen LogP contribution in [0.15, 0.2) is 23.2 Å². The Labute approximate surface area is 203 Å². The molecule has 1 aromatic carbocycles. The Bertz CT molecular complexity index is 678. The number of hydrogen-bond donors (Lipinski definition) is 3. The maximum Gasteiger partial charge on any atom is 0.191 e. The Morgan fingerprint density at radius 3 is 2.39 bits per heavy atom. The van der Waals surface area contributed by atoms with Gasteiger partial charge in [0.05, 0.1) is 0 Å². The molecule has 0 radical (unpaired) electrons. The third-order valence-corrected chi connectivity index (χ3v) is 6.38. The zero-order valence-corrected chi connectivity index (χ0v) is 21.4. The van der Waals surface area contributed by atoms with Gasteiger partial charge < -0.3 is 15.7 Å². The van der Waals surface area contributed by atoms with E-state index in [0.717, 1.165) is 63.3 Å². The van der Waals surface area contributed by atoms with Crippen LogP contribution in [0.5, 0.6) is 0 Å². The van der Waals surface area contributed by atoms with Crippen LogP contribution in [0.25, 0.3) is 0 Å². The lowest BCUT2D eigenvalue weighted by molar-refractivity contribution is 0.175. The van der Waals surface area contributed by atoms with Gasteiger partial charge in [0.25, 0.3) is 0 Å². The van der Waals surface area contributed by atoms with Crippen LogP contribution in [0.3, 0.4) is 0 Å². The van der Waals surface area contributed by atoms with Gasteiger partial charge in [0.2, 0.25) is 0 Å². The minimum absolute atomic E-state index is 0. The summed E-state index contributed by atoms with van der Waals surface area (Å²) in [7, 11) is 0. The summed E-state index contributed by atoms with van der Waals surface area (Å²) in [5, 5.41) is 16.3. The molecule has 5 nitrogen and oxygen atoms in total. The van der Waals surface area contributed by atoms with Crippen molar-refractivity contribution in [3.63, 3.8) is 0 Å². The number of nitrogens with zero attached hydrogens (tertiary/aromatic N) is 2. The van der Waals surface area contributed by atoms with Gasteiger partial charge >= 0.3 is 0 Å². The van der Waals surface area contributed by atoms with Crippen molar-refractivity contribution in [3.8, 4) is 0 Å². The molecule has 1 aliphatic heterocycles. The number of piperidine rings is 1. The molecule has 0 saturated carbocycles. The Hall–Kier alpha value is -1.00. The monoisotopic (exact) mass is 552 g/mol. The van der Waals surface area contributed by atoms with Crippen molar-refractivity contribution in [1.29, 1.82) is 0 Å². The van der Waals surface area contributed by atoms with E-state index in [9.17, 15) is 13.9 Å². The summed E-state index contributed by atoms with van der Waals surface area (Å²) in [6, 6.07) is 4.47. The van der Waals surface area contributed by atoms with Crippen LogP contribution in [-0.2, 0) is 6.54 Å². The second-order valence-electron chi connectivity index (χ2n) is 8.32. The number of likely N-dealkylation sites (tertiary alicyclic amines) is 1. The first kappa shape index (κ1) is 28.0. The fraction of sp³-hybridized carbons (Fsp3) is 0.696. The van der Waals surface area contributed by atoms with E-state index >= 15 is 0 Å². The number of hydrogen-bond acceptors (Lipinski definition) is 3. The van der Waals surface area contributed by atoms with E-state index in [1.165, 1.54) is 12.1 Å². The molecule has 1 saturated heterocycles. The maximum atomic E-state index is 13.4. The Kier molecular flexibility index (Phi) is 12.9. The molecule has 31 heavy (non-hydrogen) atoms. The van der Waals surface area contributed by atoms with Crippen LogP contribution in [0.1, 0.15) is 58.4 Å². The van der Waals surface area contributed by atoms with Crippen molar-refractivity contribution < 1.29 is 13.9 Å². The quantitative estimate of drug-likeness (QED) is 0.230. The van der Waals surface area contributed by atoms with Crippen LogP contribution >= 0.6 is 24.0 Å². The maximum absolute atomic E-state index is 13.4. The second kappa shape index (κ2) is 14.2. The third kappa shape index (κ3) is 8.81. The van der Waals surface area contributed by atoms with Crippen LogP contribution in [-0.4, -0.2) is 54.8 Å². The molecule has 1 fully saturated rings. The van der Waals surface area contributed by atoms with Crippen molar-refractivity contribution in [2.24, 2.45) is 10.4 Å². The van der Waals surface area contributed by atoms with Crippen molar-refractivity contribution in [1.82, 2.24) is 15.5 Å². The Balaban J connectivity index is 0.00000480. The highest BCUT2D eigenvalue weighted by atomic mass is 127. The molecule has 2 rings (SSSR count). The largest absolute Gasteiger partial charge is 0.396 e. The molecule has 0 atom stereocenters. The van der Waals surface area contributed by atoms with Gasteiger partial charge in [0, 0.05) is 45.4 Å². The average molecular weight is 552 g/mol. The van der Waals surface area contributed by atoms with Crippen molar-refractivity contribution in [2.75, 3.05) is 32.8 Å². The first-order valence-corrected chi connectivity index (χ1v) is 11.3. The number of aliphatic hydroxyl groups excluding tert-OH is 1. The molecular weight excluding hydrogens is 513 g/mol. The minimum atomic E-state index is -0.800. The van der Waals surface area contributed by atoms with Gasteiger partial charge in [-0.15, -0.1) is 24.0 Å². The molecule has 0 aromatic heterocycles. The molecular formula is C23H39F2IN4O. The fourth-order valence-corrected chi connectivity index (χ4v) is 4.04. The highest BCUT2D eigenvalue weighted by Gasteiger charge is 2.26. The molecule has 8 heteroatoms. The first-order chi connectivity index (χ1) is 14.4. The van der Waals surface area contributed by atoms with Crippen LogP contribution in [0, 0.1) is 17.0 Å². The van der Waals surface area contributed by atoms with Gasteiger partial charge in [-0.05, 0) is 62.1 Å². The van der Waals surface area contributed by atoms with E-state index < -0.39 is 11.6 Å². The third-order valence-electron chi connectivity index (χ3n) is 6.38. The van der Waals surface area contributed by atoms with E-state index in [1.807, 2.05) is 0 Å². The van der Waals surface area contributed by atoms with Crippen LogP contribution in [0.2, 0.25) is 0 Å². The standard InChI is InChI=1S/C23H38F2N4O.HI/c1-4-23(5-2,11-14-30)17-27-22(26-6-3)28-19-9-12-29(13-10-19)16-18-7-8-20(24)21(25)15-18;/h7-8,15,19,30H,4-6,9-14,16-17H2,1-3H3,(H2,26,27,28);1H. The second-order valence-corrected chi connectivity index (χ2v) is 8.32. The van der Waals surface area contributed by atoms with Gasteiger partial charge in [-0.3, -0.25) is 9.89 Å². The van der Waals surface area contributed by atoms with E-state index in [0.29, 0.717) is 19.1 Å². The molecule has 1 heterocycles. The molecule has 0 spiro atoms. The SMILES string of the molecule is CCNC(=NCC(CC)(CC)CCO)NC1CCN(Cc2ccc(F)c(F)c2)CC1.I. The zero-order chi connectivity index (χ0) is 22.0. The number of halogens is 3. The van der Waals surface area contributed by atoms with E-state index in [1.54, 1.807) is 6.07 Å². The molecule has 1 aliphatic rings. The minimum Gasteiger partial charge on any atom is -0.396 e. The van der Waals surface area contributed by atoms with Gasteiger partial charge in [-0.2, -0.15) is 0 Å². The van der Waals surface area contributed by atoms with Gasteiger partial charge in [0.1, 0.15) is 0 Å². The van der Waals surface area contributed by atoms with Gasteiger partial charge in [-0.1, -0.05) is 19.9 Å². The Morgan fingerprint density at radius 1 is 1.16 bits per heavy atom. The summed E-state index contributed by atoms with van der Waals surface area (Å²) in [6.45, 7) is 10.5. The lowest BCUT2D eigenvalue weighted by atomic mass is 9.79. The lowest BCUT2D eigenvalue weighted by Gasteiger charge is -2.34. The number of benzene rings is 1. The topological polar surface area (TPSA) is 59.9 Å². The van der Waals surface area contributed by atoms with Crippen LogP contribution < -0.4 is 10.6 Å². The zero-order valence-electron chi connectivity index (χ0n) is 19.1. The molecule has 0 bridgehead atoms. The average Bonchev–Trinajstić information content (AvgIpc) is 2.75. The summed E-state index contributed by atoms with van der Waals surface area (Å²) in [6.07, 6.45) is 4.70. The predicted octanol–water partition coefficient (Wildman–Crippen LogP) is 4.29. The molecule has 178 valence electrons. The summed E-state index contributed by atoms with van der Waals surface area (Å²) in [4.78, 5) is 7.11. The van der Waals surface area contributed by atoms with E-state index in [-0.39, 0.29) is 36.0 Å². The van der Waals surface area contributed by atoms with Crippen molar-refractivity contribution >= 4 is 29.9 Å². The number of aliphatic imine (C=N–C) groups is 1. The lowest BCUT2D eigenvalue weighted by Crippen LogP contribution is -2.48. The summed E-state index contributed by atoms with van der Waals surface area (Å²) >= 11 is 0. The molecule has 0 unspecified atom stereocenters. The van der Waals surface area contributed by atoms with Crippen molar-refractivity contribution in [3.05, 3.63) is 35.4 Å².